The highest BCUT2D eigenvalue weighted by Gasteiger charge is 2.02. The summed E-state index contributed by atoms with van der Waals surface area (Å²) in [6.07, 6.45) is 4.31. The number of rotatable bonds is 9. The van der Waals surface area contributed by atoms with Gasteiger partial charge in [-0.1, -0.05) is 19.4 Å². The molecule has 104 valence electrons. The molecular weight excluding hydrogens is 244 g/mol. The van der Waals surface area contributed by atoms with Crippen molar-refractivity contribution in [2.45, 2.75) is 32.1 Å². The minimum atomic E-state index is -0.907. The molecule has 4 heteroatoms. The second kappa shape index (κ2) is 8.19. The zero-order chi connectivity index (χ0) is 14.1. The Balaban J connectivity index is 2.01. The van der Waals surface area contributed by atoms with Gasteiger partial charge in [0.1, 0.15) is 11.5 Å². The Morgan fingerprint density at radius 2 is 1.74 bits per heavy atom. The molecule has 0 aliphatic carbocycles. The van der Waals surface area contributed by atoms with Crippen LogP contribution in [0.3, 0.4) is 0 Å². The number of carboxylic acid groups (broad SMARTS) is 1. The molecule has 4 nitrogen and oxygen atoms in total. The predicted molar refractivity (Wildman–Crippen MR) is 73.5 cm³/mol. The fourth-order valence-corrected chi connectivity index (χ4v) is 1.63. The van der Waals surface area contributed by atoms with Crippen LogP contribution >= 0.6 is 0 Å². The predicted octanol–water partition coefficient (Wildman–Crippen LogP) is 3.36. The van der Waals surface area contributed by atoms with Gasteiger partial charge in [0.2, 0.25) is 0 Å². The Kier molecular flexibility index (Phi) is 6.50. The molecule has 1 aromatic carbocycles. The zero-order valence-electron chi connectivity index (χ0n) is 11.0. The standard InChI is InChI=1S/C15H20O4/c1-12(15(17)18)6-4-2-3-5-11-19-14-9-7-13(16)8-10-14/h7-10,16H,1-6,11H2,(H,17,18). The summed E-state index contributed by atoms with van der Waals surface area (Å²) >= 11 is 0. The maximum atomic E-state index is 10.5. The molecule has 0 amide bonds. The van der Waals surface area contributed by atoms with Crippen molar-refractivity contribution in [3.63, 3.8) is 0 Å². The molecule has 0 aromatic heterocycles. The third kappa shape index (κ3) is 6.50. The molecule has 0 heterocycles. The Morgan fingerprint density at radius 3 is 2.37 bits per heavy atom. The van der Waals surface area contributed by atoms with E-state index in [9.17, 15) is 4.79 Å². The highest BCUT2D eigenvalue weighted by molar-refractivity contribution is 5.85. The maximum absolute atomic E-state index is 10.5. The van der Waals surface area contributed by atoms with Crippen molar-refractivity contribution in [3.05, 3.63) is 36.4 Å². The summed E-state index contributed by atoms with van der Waals surface area (Å²) in [5.41, 5.74) is 0.278. The fraction of sp³-hybridized carbons (Fsp3) is 0.400. The molecule has 0 radical (unpaired) electrons. The second-order valence-corrected chi connectivity index (χ2v) is 4.42. The molecule has 2 N–H and O–H groups in total. The molecule has 0 fully saturated rings. The highest BCUT2D eigenvalue weighted by atomic mass is 16.5. The van der Waals surface area contributed by atoms with Crippen LogP contribution in [-0.4, -0.2) is 22.8 Å². The lowest BCUT2D eigenvalue weighted by molar-refractivity contribution is -0.132. The number of benzene rings is 1. The van der Waals surface area contributed by atoms with Crippen molar-refractivity contribution >= 4 is 5.97 Å². The summed E-state index contributed by atoms with van der Waals surface area (Å²) < 4.78 is 5.50. The van der Waals surface area contributed by atoms with E-state index in [1.54, 1.807) is 24.3 Å². The molecular formula is C15H20O4. The lowest BCUT2D eigenvalue weighted by Gasteiger charge is -2.06. The molecule has 0 spiro atoms. The topological polar surface area (TPSA) is 66.8 Å². The molecule has 0 saturated heterocycles. The van der Waals surface area contributed by atoms with Gasteiger partial charge >= 0.3 is 5.97 Å². The van der Waals surface area contributed by atoms with Gasteiger partial charge in [0.05, 0.1) is 6.61 Å². The highest BCUT2D eigenvalue weighted by Crippen LogP contribution is 2.16. The van der Waals surface area contributed by atoms with Crippen LogP contribution in [0.5, 0.6) is 11.5 Å². The number of carboxylic acids is 1. The Hall–Kier alpha value is -1.97. The number of unbranched alkanes of at least 4 members (excludes halogenated alkanes) is 3. The van der Waals surface area contributed by atoms with E-state index in [2.05, 4.69) is 6.58 Å². The largest absolute Gasteiger partial charge is 0.508 e. The van der Waals surface area contributed by atoms with Crippen molar-refractivity contribution in [1.29, 1.82) is 0 Å². The van der Waals surface area contributed by atoms with Gasteiger partial charge in [-0.15, -0.1) is 0 Å². The summed E-state index contributed by atoms with van der Waals surface area (Å²) in [6, 6.07) is 6.64. The van der Waals surface area contributed by atoms with Gasteiger partial charge < -0.3 is 14.9 Å². The molecule has 0 aliphatic rings. The number of hydrogen-bond acceptors (Lipinski definition) is 3. The SMILES string of the molecule is C=C(CCCCCCOc1ccc(O)cc1)C(=O)O. The van der Waals surface area contributed by atoms with E-state index in [-0.39, 0.29) is 11.3 Å². The molecule has 1 rings (SSSR count). The minimum Gasteiger partial charge on any atom is -0.508 e. The van der Waals surface area contributed by atoms with E-state index >= 15 is 0 Å². The van der Waals surface area contributed by atoms with E-state index < -0.39 is 5.97 Å². The smallest absolute Gasteiger partial charge is 0.330 e. The normalized spacial score (nSPS) is 10.1. The lowest BCUT2D eigenvalue weighted by Crippen LogP contribution is -1.99. The minimum absolute atomic E-state index is 0.228. The van der Waals surface area contributed by atoms with Gasteiger partial charge in [-0.3, -0.25) is 0 Å². The Labute approximate surface area is 113 Å². The molecule has 0 atom stereocenters. The quantitative estimate of drug-likeness (QED) is 0.530. The first-order valence-electron chi connectivity index (χ1n) is 6.42. The van der Waals surface area contributed by atoms with Crippen LogP contribution in [0.2, 0.25) is 0 Å². The first kappa shape index (κ1) is 15.1. The number of hydrogen-bond donors (Lipinski definition) is 2. The van der Waals surface area contributed by atoms with Crippen molar-refractivity contribution in [2.75, 3.05) is 6.61 Å². The lowest BCUT2D eigenvalue weighted by atomic mass is 10.1. The third-order valence-electron chi connectivity index (χ3n) is 2.78. The number of aromatic hydroxyl groups is 1. The van der Waals surface area contributed by atoms with Crippen molar-refractivity contribution in [2.24, 2.45) is 0 Å². The second-order valence-electron chi connectivity index (χ2n) is 4.42. The first-order chi connectivity index (χ1) is 9.09. The van der Waals surface area contributed by atoms with Crippen LogP contribution in [0.1, 0.15) is 32.1 Å². The van der Waals surface area contributed by atoms with Gasteiger partial charge in [0, 0.05) is 5.57 Å². The summed E-state index contributed by atoms with van der Waals surface area (Å²) in [5, 5.41) is 17.7. The van der Waals surface area contributed by atoms with Crippen molar-refractivity contribution in [3.8, 4) is 11.5 Å². The van der Waals surface area contributed by atoms with Gasteiger partial charge in [-0.2, -0.15) is 0 Å². The monoisotopic (exact) mass is 264 g/mol. The van der Waals surface area contributed by atoms with Crippen LogP contribution in [0.15, 0.2) is 36.4 Å². The summed E-state index contributed by atoms with van der Waals surface area (Å²) in [7, 11) is 0. The Morgan fingerprint density at radius 1 is 1.11 bits per heavy atom. The van der Waals surface area contributed by atoms with Crippen LogP contribution in [-0.2, 0) is 4.79 Å². The summed E-state index contributed by atoms with van der Waals surface area (Å²) in [5.74, 6) is 0.0683. The third-order valence-corrected chi connectivity index (χ3v) is 2.78. The van der Waals surface area contributed by atoms with Crippen LogP contribution in [0.25, 0.3) is 0 Å². The first-order valence-corrected chi connectivity index (χ1v) is 6.42. The molecule has 0 bridgehead atoms. The van der Waals surface area contributed by atoms with Gasteiger partial charge in [-0.25, -0.2) is 4.79 Å². The zero-order valence-corrected chi connectivity index (χ0v) is 11.0. The molecule has 0 saturated carbocycles. The van der Waals surface area contributed by atoms with Crippen molar-refractivity contribution in [1.82, 2.24) is 0 Å². The molecule has 0 aliphatic heterocycles. The summed E-state index contributed by atoms with van der Waals surface area (Å²) in [4.78, 5) is 10.5. The van der Waals surface area contributed by atoms with E-state index in [1.807, 2.05) is 0 Å². The number of aliphatic carboxylic acids is 1. The van der Waals surface area contributed by atoms with Crippen LogP contribution < -0.4 is 4.74 Å². The van der Waals surface area contributed by atoms with Gasteiger partial charge in [-0.05, 0) is 43.5 Å². The fourth-order valence-electron chi connectivity index (χ4n) is 1.63. The van der Waals surface area contributed by atoms with Crippen LogP contribution in [0.4, 0.5) is 0 Å². The average Bonchev–Trinajstić information content (AvgIpc) is 2.39. The van der Waals surface area contributed by atoms with Gasteiger partial charge in [0.15, 0.2) is 0 Å². The number of phenolic OH excluding ortho intramolecular Hbond substituents is 1. The molecule has 1 aromatic rings. The van der Waals surface area contributed by atoms with E-state index in [1.165, 1.54) is 0 Å². The van der Waals surface area contributed by atoms with E-state index in [0.717, 1.165) is 31.4 Å². The van der Waals surface area contributed by atoms with E-state index in [4.69, 9.17) is 14.9 Å². The number of carbonyl (C=O) groups is 1. The maximum Gasteiger partial charge on any atom is 0.330 e. The number of phenols is 1. The number of ether oxygens (including phenoxy) is 1. The van der Waals surface area contributed by atoms with E-state index in [0.29, 0.717) is 13.0 Å². The Bertz CT molecular complexity index is 409. The van der Waals surface area contributed by atoms with Crippen LogP contribution in [0, 0.1) is 0 Å². The average molecular weight is 264 g/mol. The van der Waals surface area contributed by atoms with Crippen molar-refractivity contribution < 1.29 is 19.7 Å². The molecule has 0 unspecified atom stereocenters. The summed E-state index contributed by atoms with van der Waals surface area (Å²) in [6.45, 7) is 4.12. The molecule has 19 heavy (non-hydrogen) atoms. The van der Waals surface area contributed by atoms with Gasteiger partial charge in [0.25, 0.3) is 0 Å².